The lowest BCUT2D eigenvalue weighted by Gasteiger charge is -2.20. The number of nitrogens with zero attached hydrogens (tertiary/aromatic N) is 1. The third-order valence-electron chi connectivity index (χ3n) is 4.61. The van der Waals surface area contributed by atoms with Gasteiger partial charge in [0.15, 0.2) is 0 Å². The maximum atomic E-state index is 13.2. The highest BCUT2D eigenvalue weighted by Gasteiger charge is 2.26. The van der Waals surface area contributed by atoms with Crippen LogP contribution in [0.1, 0.15) is 28.9 Å². The molecule has 3 rings (SSSR count). The minimum absolute atomic E-state index is 0.370. The van der Waals surface area contributed by atoms with Crippen LogP contribution < -0.4 is 15.0 Å². The number of para-hydroxylation sites is 2. The molecule has 0 aromatic heterocycles. The maximum Gasteiger partial charge on any atom is 0.339 e. The molecule has 0 unspecified atom stereocenters. The van der Waals surface area contributed by atoms with Crippen molar-refractivity contribution in [2.75, 3.05) is 30.9 Å². The van der Waals surface area contributed by atoms with Gasteiger partial charge in [-0.3, -0.25) is 4.79 Å². The Labute approximate surface area is 182 Å². The van der Waals surface area contributed by atoms with Crippen LogP contribution in [0.15, 0.2) is 78.9 Å². The molecule has 1 amide bonds. The van der Waals surface area contributed by atoms with Crippen molar-refractivity contribution in [3.63, 3.8) is 0 Å². The topological polar surface area (TPSA) is 67.9 Å². The number of ether oxygens (including phenoxy) is 2. The van der Waals surface area contributed by atoms with E-state index in [4.69, 9.17) is 9.47 Å². The summed E-state index contributed by atoms with van der Waals surface area (Å²) in [7, 11) is 3.78. The lowest BCUT2D eigenvalue weighted by Crippen LogP contribution is -2.26. The number of hydrogen-bond donors (Lipinski definition) is 1. The van der Waals surface area contributed by atoms with E-state index in [2.05, 4.69) is 5.32 Å². The molecule has 0 radical (unpaired) electrons. The van der Waals surface area contributed by atoms with Crippen molar-refractivity contribution >= 4 is 23.3 Å². The number of hydrogen-bond acceptors (Lipinski definition) is 5. The number of nitrogens with one attached hydrogen (secondary N) is 1. The average molecular weight is 418 g/mol. The zero-order valence-corrected chi connectivity index (χ0v) is 17.9. The Kier molecular flexibility index (Phi) is 7.27. The van der Waals surface area contributed by atoms with E-state index in [1.54, 1.807) is 60.7 Å². The molecule has 3 aromatic rings. The van der Waals surface area contributed by atoms with E-state index in [1.807, 2.05) is 44.1 Å². The highest BCUT2D eigenvalue weighted by atomic mass is 16.5. The molecule has 0 aliphatic heterocycles. The molecule has 0 aliphatic rings. The second-order valence-electron chi connectivity index (χ2n) is 7.06. The van der Waals surface area contributed by atoms with Crippen LogP contribution in [0, 0.1) is 0 Å². The van der Waals surface area contributed by atoms with Crippen molar-refractivity contribution in [2.24, 2.45) is 0 Å². The molecule has 0 heterocycles. The van der Waals surface area contributed by atoms with Gasteiger partial charge in [0.25, 0.3) is 5.91 Å². The molecule has 31 heavy (non-hydrogen) atoms. The second-order valence-corrected chi connectivity index (χ2v) is 7.06. The minimum Gasteiger partial charge on any atom is -0.492 e. The summed E-state index contributed by atoms with van der Waals surface area (Å²) in [6.07, 6.45) is -1.12. The number of rotatable bonds is 8. The highest BCUT2D eigenvalue weighted by molar-refractivity contribution is 5.99. The van der Waals surface area contributed by atoms with Gasteiger partial charge in [0, 0.05) is 25.3 Å². The fourth-order valence-corrected chi connectivity index (χ4v) is 3.04. The molecule has 1 atom stereocenters. The van der Waals surface area contributed by atoms with Crippen LogP contribution in [0.4, 0.5) is 11.4 Å². The normalized spacial score (nSPS) is 11.3. The highest BCUT2D eigenvalue weighted by Crippen LogP contribution is 2.27. The Hall–Kier alpha value is -3.80. The third kappa shape index (κ3) is 5.63. The predicted molar refractivity (Wildman–Crippen MR) is 122 cm³/mol. The third-order valence-corrected chi connectivity index (χ3v) is 4.61. The largest absolute Gasteiger partial charge is 0.492 e. The van der Waals surface area contributed by atoms with Gasteiger partial charge in [-0.15, -0.1) is 0 Å². The molecule has 0 aliphatic carbocycles. The van der Waals surface area contributed by atoms with Crippen LogP contribution in [-0.2, 0) is 9.53 Å². The van der Waals surface area contributed by atoms with Crippen LogP contribution in [0.25, 0.3) is 0 Å². The maximum absolute atomic E-state index is 13.2. The summed E-state index contributed by atoms with van der Waals surface area (Å²) in [6.45, 7) is 2.33. The molecule has 0 fully saturated rings. The van der Waals surface area contributed by atoms with Crippen molar-refractivity contribution in [3.05, 3.63) is 90.0 Å². The standard InChI is InChI=1S/C25H26N2O4/c1-4-30-22-16-9-8-15-21(22)26-24(28)23(18-11-6-5-7-12-18)31-25(29)19-13-10-14-20(17-19)27(2)3/h5-17,23H,4H2,1-3H3,(H,26,28)/t23-/m0/s1. The first-order valence-electron chi connectivity index (χ1n) is 10.1. The zero-order valence-electron chi connectivity index (χ0n) is 17.9. The molecule has 0 bridgehead atoms. The zero-order chi connectivity index (χ0) is 22.2. The summed E-state index contributed by atoms with van der Waals surface area (Å²) in [5.41, 5.74) is 2.32. The SMILES string of the molecule is CCOc1ccccc1NC(=O)[C@@H](OC(=O)c1cccc(N(C)C)c1)c1ccccc1. The van der Waals surface area contributed by atoms with Crippen molar-refractivity contribution in [1.29, 1.82) is 0 Å². The van der Waals surface area contributed by atoms with Crippen molar-refractivity contribution in [1.82, 2.24) is 0 Å². The molecule has 3 aromatic carbocycles. The van der Waals surface area contributed by atoms with E-state index in [1.165, 1.54) is 0 Å². The summed E-state index contributed by atoms with van der Waals surface area (Å²) in [5.74, 6) is -0.489. The molecule has 0 saturated carbocycles. The Balaban J connectivity index is 1.86. The number of esters is 1. The Morgan fingerprint density at radius 2 is 1.65 bits per heavy atom. The summed E-state index contributed by atoms with van der Waals surface area (Å²) in [6, 6.07) is 23.1. The van der Waals surface area contributed by atoms with Gasteiger partial charge in [0.2, 0.25) is 6.10 Å². The van der Waals surface area contributed by atoms with Gasteiger partial charge >= 0.3 is 5.97 Å². The Morgan fingerprint density at radius 3 is 2.35 bits per heavy atom. The average Bonchev–Trinajstić information content (AvgIpc) is 2.79. The number of anilines is 2. The Bertz CT molecular complexity index is 1030. The van der Waals surface area contributed by atoms with E-state index in [0.717, 1.165) is 5.69 Å². The van der Waals surface area contributed by atoms with E-state index >= 15 is 0 Å². The molecular formula is C25H26N2O4. The fourth-order valence-electron chi connectivity index (χ4n) is 3.04. The van der Waals surface area contributed by atoms with E-state index in [-0.39, 0.29) is 0 Å². The van der Waals surface area contributed by atoms with Gasteiger partial charge in [0.1, 0.15) is 5.75 Å². The van der Waals surface area contributed by atoms with Crippen molar-refractivity contribution < 1.29 is 19.1 Å². The van der Waals surface area contributed by atoms with E-state index in [0.29, 0.717) is 29.2 Å². The summed E-state index contributed by atoms with van der Waals surface area (Å²) in [4.78, 5) is 27.9. The lowest BCUT2D eigenvalue weighted by molar-refractivity contribution is -0.125. The van der Waals surface area contributed by atoms with Crippen LogP contribution in [-0.4, -0.2) is 32.6 Å². The van der Waals surface area contributed by atoms with Crippen LogP contribution in [0.2, 0.25) is 0 Å². The van der Waals surface area contributed by atoms with Gasteiger partial charge in [-0.1, -0.05) is 48.5 Å². The number of carbonyl (C=O) groups is 2. The molecule has 6 heteroatoms. The number of amides is 1. The number of carbonyl (C=O) groups excluding carboxylic acids is 2. The van der Waals surface area contributed by atoms with Crippen molar-refractivity contribution in [2.45, 2.75) is 13.0 Å². The quantitative estimate of drug-likeness (QED) is 0.538. The fraction of sp³-hybridized carbons (Fsp3) is 0.200. The molecule has 0 spiro atoms. The second kappa shape index (κ2) is 10.3. The molecule has 0 saturated heterocycles. The lowest BCUT2D eigenvalue weighted by atomic mass is 10.1. The number of benzene rings is 3. The first-order valence-corrected chi connectivity index (χ1v) is 10.1. The first kappa shape index (κ1) is 21.9. The van der Waals surface area contributed by atoms with Crippen LogP contribution in [0.3, 0.4) is 0 Å². The van der Waals surface area contributed by atoms with Gasteiger partial charge in [-0.2, -0.15) is 0 Å². The summed E-state index contributed by atoms with van der Waals surface area (Å²) in [5, 5.41) is 2.83. The van der Waals surface area contributed by atoms with Gasteiger partial charge in [-0.25, -0.2) is 4.79 Å². The minimum atomic E-state index is -1.12. The van der Waals surface area contributed by atoms with Gasteiger partial charge in [0.05, 0.1) is 17.9 Å². The van der Waals surface area contributed by atoms with E-state index < -0.39 is 18.0 Å². The summed E-state index contributed by atoms with van der Waals surface area (Å²) >= 11 is 0. The summed E-state index contributed by atoms with van der Waals surface area (Å²) < 4.78 is 11.3. The van der Waals surface area contributed by atoms with Crippen molar-refractivity contribution in [3.8, 4) is 5.75 Å². The molecular weight excluding hydrogens is 392 g/mol. The predicted octanol–water partition coefficient (Wildman–Crippen LogP) is 4.69. The Morgan fingerprint density at radius 1 is 0.935 bits per heavy atom. The molecule has 6 nitrogen and oxygen atoms in total. The molecule has 160 valence electrons. The van der Waals surface area contributed by atoms with Crippen LogP contribution >= 0.6 is 0 Å². The van der Waals surface area contributed by atoms with Gasteiger partial charge < -0.3 is 19.7 Å². The smallest absolute Gasteiger partial charge is 0.339 e. The molecule has 1 N–H and O–H groups in total. The monoisotopic (exact) mass is 418 g/mol. The first-order chi connectivity index (χ1) is 15.0. The van der Waals surface area contributed by atoms with Gasteiger partial charge in [-0.05, 0) is 37.3 Å². The van der Waals surface area contributed by atoms with Crippen LogP contribution in [0.5, 0.6) is 5.75 Å². The van der Waals surface area contributed by atoms with E-state index in [9.17, 15) is 9.59 Å².